The van der Waals surface area contributed by atoms with E-state index >= 15 is 0 Å². The molecule has 1 atom stereocenters. The third kappa shape index (κ3) is 2.37. The molecule has 1 unspecified atom stereocenters. The molecule has 0 aromatic carbocycles. The van der Waals surface area contributed by atoms with Crippen molar-refractivity contribution in [2.24, 2.45) is 5.92 Å². The number of anilines is 2. The Kier molecular flexibility index (Phi) is 3.15. The first kappa shape index (κ1) is 13.6. The molecule has 112 valence electrons. The zero-order valence-corrected chi connectivity index (χ0v) is 11.5. The number of carbonyl (C=O) groups is 2. The number of carbonyl (C=O) groups excluding carboxylic acids is 1. The second kappa shape index (κ2) is 4.87. The molecule has 0 saturated carbocycles. The molecule has 21 heavy (non-hydrogen) atoms. The highest BCUT2D eigenvalue weighted by molar-refractivity contribution is 5.88. The SMILES string of the molecule is Nc1ccnc(N2CCC3(CC2)NC(=O)CC3C(=O)O)n1. The third-order valence-electron chi connectivity index (χ3n) is 4.35. The molecule has 1 spiro atoms. The van der Waals surface area contributed by atoms with Crippen LogP contribution in [0.5, 0.6) is 0 Å². The zero-order valence-electron chi connectivity index (χ0n) is 11.5. The molecule has 4 N–H and O–H groups in total. The van der Waals surface area contributed by atoms with Crippen molar-refractivity contribution >= 4 is 23.6 Å². The van der Waals surface area contributed by atoms with Crippen LogP contribution in [0.2, 0.25) is 0 Å². The third-order valence-corrected chi connectivity index (χ3v) is 4.35. The van der Waals surface area contributed by atoms with Gasteiger partial charge in [-0.05, 0) is 18.9 Å². The van der Waals surface area contributed by atoms with E-state index < -0.39 is 17.4 Å². The standard InChI is InChI=1S/C13H17N5O3/c14-9-1-4-15-12(16-9)18-5-2-13(3-6-18)8(11(20)21)7-10(19)17-13/h1,4,8H,2-3,5-7H2,(H,17,19)(H,20,21)(H2,14,15,16). The number of aliphatic carboxylic acids is 1. The number of aromatic nitrogens is 2. The summed E-state index contributed by atoms with van der Waals surface area (Å²) in [6.45, 7) is 1.18. The summed E-state index contributed by atoms with van der Waals surface area (Å²) in [4.78, 5) is 33.3. The van der Waals surface area contributed by atoms with E-state index in [2.05, 4.69) is 15.3 Å². The Bertz CT molecular complexity index is 583. The number of piperidine rings is 1. The number of nitrogen functional groups attached to an aromatic ring is 1. The van der Waals surface area contributed by atoms with E-state index in [1.165, 1.54) is 0 Å². The maximum absolute atomic E-state index is 11.6. The van der Waals surface area contributed by atoms with E-state index in [0.717, 1.165) is 0 Å². The zero-order chi connectivity index (χ0) is 15.0. The van der Waals surface area contributed by atoms with E-state index in [4.69, 9.17) is 5.73 Å². The van der Waals surface area contributed by atoms with Crippen LogP contribution in [0, 0.1) is 5.92 Å². The minimum atomic E-state index is -0.915. The van der Waals surface area contributed by atoms with E-state index in [-0.39, 0.29) is 12.3 Å². The lowest BCUT2D eigenvalue weighted by molar-refractivity contribution is -0.144. The smallest absolute Gasteiger partial charge is 0.309 e. The summed E-state index contributed by atoms with van der Waals surface area (Å²) in [6, 6.07) is 1.62. The fourth-order valence-electron chi connectivity index (χ4n) is 3.21. The lowest BCUT2D eigenvalue weighted by Gasteiger charge is -2.41. The molecule has 2 fully saturated rings. The van der Waals surface area contributed by atoms with Gasteiger partial charge in [0.15, 0.2) is 0 Å². The molecule has 1 aromatic rings. The van der Waals surface area contributed by atoms with Gasteiger partial charge in [0.1, 0.15) is 5.82 Å². The van der Waals surface area contributed by atoms with Gasteiger partial charge in [-0.1, -0.05) is 0 Å². The Morgan fingerprint density at radius 1 is 1.48 bits per heavy atom. The fourth-order valence-corrected chi connectivity index (χ4v) is 3.21. The molecule has 2 saturated heterocycles. The Morgan fingerprint density at radius 2 is 2.19 bits per heavy atom. The van der Waals surface area contributed by atoms with Gasteiger partial charge in [-0.2, -0.15) is 4.98 Å². The number of hydrogen-bond acceptors (Lipinski definition) is 6. The van der Waals surface area contributed by atoms with Crippen LogP contribution in [0.4, 0.5) is 11.8 Å². The number of carboxylic acids is 1. The Morgan fingerprint density at radius 3 is 2.81 bits per heavy atom. The van der Waals surface area contributed by atoms with Crippen molar-refractivity contribution in [1.82, 2.24) is 15.3 Å². The number of amides is 1. The highest BCUT2D eigenvalue weighted by Crippen LogP contribution is 2.37. The van der Waals surface area contributed by atoms with Crippen LogP contribution in [0.3, 0.4) is 0 Å². The minimum Gasteiger partial charge on any atom is -0.481 e. The molecule has 3 heterocycles. The Hall–Kier alpha value is -2.38. The second-order valence-electron chi connectivity index (χ2n) is 5.57. The van der Waals surface area contributed by atoms with Crippen LogP contribution in [0.1, 0.15) is 19.3 Å². The molecule has 3 rings (SSSR count). The maximum atomic E-state index is 11.6. The van der Waals surface area contributed by atoms with Crippen molar-refractivity contribution in [3.8, 4) is 0 Å². The number of nitrogens with one attached hydrogen (secondary N) is 1. The first-order valence-corrected chi connectivity index (χ1v) is 6.87. The van der Waals surface area contributed by atoms with Crippen molar-refractivity contribution in [3.05, 3.63) is 12.3 Å². The van der Waals surface area contributed by atoms with Gasteiger partial charge >= 0.3 is 5.97 Å². The lowest BCUT2D eigenvalue weighted by Crippen LogP contribution is -2.56. The van der Waals surface area contributed by atoms with Crippen molar-refractivity contribution in [1.29, 1.82) is 0 Å². The maximum Gasteiger partial charge on any atom is 0.309 e. The predicted octanol–water partition coefficient (Wildman–Crippen LogP) is -0.381. The molecule has 0 bridgehead atoms. The van der Waals surface area contributed by atoms with Crippen LogP contribution in [-0.4, -0.2) is 45.6 Å². The molecule has 1 aromatic heterocycles. The molecular formula is C13H17N5O3. The molecule has 8 nitrogen and oxygen atoms in total. The predicted molar refractivity (Wildman–Crippen MR) is 74.5 cm³/mol. The van der Waals surface area contributed by atoms with Crippen LogP contribution < -0.4 is 16.0 Å². The topological polar surface area (TPSA) is 121 Å². The van der Waals surface area contributed by atoms with Gasteiger partial charge in [-0.3, -0.25) is 9.59 Å². The van der Waals surface area contributed by atoms with Crippen LogP contribution in [0.15, 0.2) is 12.3 Å². The molecular weight excluding hydrogens is 274 g/mol. The molecule has 0 radical (unpaired) electrons. The van der Waals surface area contributed by atoms with Gasteiger partial charge in [0.25, 0.3) is 0 Å². The first-order valence-electron chi connectivity index (χ1n) is 6.87. The normalized spacial score (nSPS) is 24.1. The summed E-state index contributed by atoms with van der Waals surface area (Å²) in [6.07, 6.45) is 2.78. The summed E-state index contributed by atoms with van der Waals surface area (Å²) in [5, 5.41) is 12.2. The number of carboxylic acid groups (broad SMARTS) is 1. The summed E-state index contributed by atoms with van der Waals surface area (Å²) < 4.78 is 0. The molecule has 2 aliphatic rings. The monoisotopic (exact) mass is 291 g/mol. The lowest BCUT2D eigenvalue weighted by atomic mass is 9.78. The van der Waals surface area contributed by atoms with Gasteiger partial charge in [-0.15, -0.1) is 0 Å². The molecule has 0 aliphatic carbocycles. The molecule has 8 heteroatoms. The van der Waals surface area contributed by atoms with E-state index in [1.54, 1.807) is 12.3 Å². The first-order chi connectivity index (χ1) is 10.00. The summed E-state index contributed by atoms with van der Waals surface area (Å²) in [5.74, 6) is -0.814. The van der Waals surface area contributed by atoms with Gasteiger partial charge < -0.3 is 21.1 Å². The second-order valence-corrected chi connectivity index (χ2v) is 5.57. The molecule has 1 amide bonds. The quantitative estimate of drug-likeness (QED) is 0.679. The van der Waals surface area contributed by atoms with E-state index in [0.29, 0.717) is 37.7 Å². The number of rotatable bonds is 2. The number of hydrogen-bond donors (Lipinski definition) is 3. The van der Waals surface area contributed by atoms with Gasteiger partial charge in [0.2, 0.25) is 11.9 Å². The van der Waals surface area contributed by atoms with Crippen molar-refractivity contribution < 1.29 is 14.7 Å². The van der Waals surface area contributed by atoms with Crippen molar-refractivity contribution in [2.45, 2.75) is 24.8 Å². The fraction of sp³-hybridized carbons (Fsp3) is 0.538. The van der Waals surface area contributed by atoms with E-state index in [9.17, 15) is 14.7 Å². The Balaban J connectivity index is 1.75. The van der Waals surface area contributed by atoms with Crippen LogP contribution >= 0.6 is 0 Å². The highest BCUT2D eigenvalue weighted by Gasteiger charge is 2.51. The van der Waals surface area contributed by atoms with Gasteiger partial charge in [-0.25, -0.2) is 4.98 Å². The van der Waals surface area contributed by atoms with Crippen molar-refractivity contribution in [3.63, 3.8) is 0 Å². The van der Waals surface area contributed by atoms with Crippen molar-refractivity contribution in [2.75, 3.05) is 23.7 Å². The van der Waals surface area contributed by atoms with Gasteiger partial charge in [0.05, 0.1) is 11.5 Å². The Labute approximate surface area is 121 Å². The summed E-state index contributed by atoms with van der Waals surface area (Å²) in [5.41, 5.74) is 5.01. The number of nitrogens with two attached hydrogens (primary N) is 1. The highest BCUT2D eigenvalue weighted by atomic mass is 16.4. The summed E-state index contributed by atoms with van der Waals surface area (Å²) in [7, 11) is 0. The number of nitrogens with zero attached hydrogens (tertiary/aromatic N) is 3. The minimum absolute atomic E-state index is 0.0596. The average molecular weight is 291 g/mol. The van der Waals surface area contributed by atoms with Crippen LogP contribution in [-0.2, 0) is 9.59 Å². The summed E-state index contributed by atoms with van der Waals surface area (Å²) >= 11 is 0. The largest absolute Gasteiger partial charge is 0.481 e. The van der Waals surface area contributed by atoms with E-state index in [1.807, 2.05) is 4.90 Å². The van der Waals surface area contributed by atoms with Gasteiger partial charge in [0, 0.05) is 25.7 Å². The molecule has 2 aliphatic heterocycles. The van der Waals surface area contributed by atoms with Crippen LogP contribution in [0.25, 0.3) is 0 Å². The average Bonchev–Trinajstić information content (AvgIpc) is 2.76.